The molecule has 0 amide bonds. The van der Waals surface area contributed by atoms with E-state index in [4.69, 9.17) is 4.74 Å². The number of ether oxygens (including phenoxy) is 1. The molecule has 0 radical (unpaired) electrons. The van der Waals surface area contributed by atoms with E-state index in [0.29, 0.717) is 6.10 Å². The Morgan fingerprint density at radius 3 is 3.26 bits per heavy atom. The van der Waals surface area contributed by atoms with E-state index in [9.17, 15) is 0 Å². The molecule has 102 valence electrons. The summed E-state index contributed by atoms with van der Waals surface area (Å²) >= 11 is 5.21. The summed E-state index contributed by atoms with van der Waals surface area (Å²) in [4.78, 5) is 1.30. The Bertz CT molecular complexity index is 533. The molecule has 1 saturated heterocycles. The van der Waals surface area contributed by atoms with Gasteiger partial charge in [-0.2, -0.15) is 5.10 Å². The average Bonchev–Trinajstić information content (AvgIpc) is 3.10. The minimum atomic E-state index is 0.334. The van der Waals surface area contributed by atoms with Gasteiger partial charge in [0.15, 0.2) is 0 Å². The highest BCUT2D eigenvalue weighted by atomic mass is 79.9. The first-order valence-corrected chi connectivity index (χ1v) is 8.08. The lowest BCUT2D eigenvalue weighted by molar-refractivity contribution is 0.0940. The van der Waals surface area contributed by atoms with Crippen molar-refractivity contribution in [2.75, 3.05) is 11.9 Å². The summed E-state index contributed by atoms with van der Waals surface area (Å²) < 4.78 is 8.72. The third kappa shape index (κ3) is 3.58. The molecule has 0 bridgehead atoms. The maximum atomic E-state index is 5.61. The summed E-state index contributed by atoms with van der Waals surface area (Å²) in [5.74, 6) is 0. The van der Waals surface area contributed by atoms with Crippen LogP contribution in [0.4, 0.5) is 5.69 Å². The number of aromatic nitrogens is 2. The Kier molecular flexibility index (Phi) is 4.20. The standard InChI is InChI=1S/C13H16BrN3OS/c14-10-4-13(19-9-10)6-15-11-5-16-17(7-11)8-12-2-1-3-18-12/h4-5,7,9,12,15H,1-3,6,8H2. The van der Waals surface area contributed by atoms with E-state index in [0.717, 1.165) is 36.3 Å². The molecule has 1 unspecified atom stereocenters. The van der Waals surface area contributed by atoms with Gasteiger partial charge >= 0.3 is 0 Å². The van der Waals surface area contributed by atoms with Gasteiger partial charge in [0, 0.05) is 34.1 Å². The maximum Gasteiger partial charge on any atom is 0.0771 e. The minimum absolute atomic E-state index is 0.334. The monoisotopic (exact) mass is 341 g/mol. The molecular formula is C13H16BrN3OS. The number of hydrogen-bond donors (Lipinski definition) is 1. The van der Waals surface area contributed by atoms with Gasteiger partial charge in [-0.1, -0.05) is 0 Å². The molecule has 0 aliphatic carbocycles. The number of anilines is 1. The summed E-state index contributed by atoms with van der Waals surface area (Å²) in [6.45, 7) is 2.58. The molecule has 2 aromatic rings. The van der Waals surface area contributed by atoms with Crippen LogP contribution in [0.15, 0.2) is 28.3 Å². The van der Waals surface area contributed by atoms with Gasteiger partial charge in [0.05, 0.1) is 24.5 Å². The number of nitrogens with zero attached hydrogens (tertiary/aromatic N) is 2. The fraction of sp³-hybridized carbons (Fsp3) is 0.462. The third-order valence-corrected chi connectivity index (χ3v) is 4.83. The van der Waals surface area contributed by atoms with Crippen molar-refractivity contribution in [2.24, 2.45) is 0 Å². The van der Waals surface area contributed by atoms with Crippen LogP contribution in [0.1, 0.15) is 17.7 Å². The molecule has 2 aromatic heterocycles. The Morgan fingerprint density at radius 1 is 1.58 bits per heavy atom. The second-order valence-electron chi connectivity index (χ2n) is 4.67. The highest BCUT2D eigenvalue weighted by Crippen LogP contribution is 2.21. The van der Waals surface area contributed by atoms with E-state index in [2.05, 4.69) is 37.8 Å². The van der Waals surface area contributed by atoms with Gasteiger partial charge < -0.3 is 10.1 Å². The van der Waals surface area contributed by atoms with Crippen molar-refractivity contribution >= 4 is 33.0 Å². The topological polar surface area (TPSA) is 39.1 Å². The first-order valence-electron chi connectivity index (χ1n) is 6.40. The fourth-order valence-corrected chi connectivity index (χ4v) is 3.58. The second-order valence-corrected chi connectivity index (χ2v) is 6.58. The quantitative estimate of drug-likeness (QED) is 0.904. The number of rotatable bonds is 5. The predicted octanol–water partition coefficient (Wildman–Crippen LogP) is 3.50. The molecular weight excluding hydrogens is 326 g/mol. The van der Waals surface area contributed by atoms with Crippen LogP contribution in [0, 0.1) is 0 Å². The van der Waals surface area contributed by atoms with Gasteiger partial charge in [-0.05, 0) is 34.8 Å². The Balaban J connectivity index is 1.52. The summed E-state index contributed by atoms with van der Waals surface area (Å²) in [5.41, 5.74) is 1.06. The smallest absolute Gasteiger partial charge is 0.0771 e. The first kappa shape index (κ1) is 13.1. The van der Waals surface area contributed by atoms with Crippen molar-refractivity contribution in [1.82, 2.24) is 9.78 Å². The van der Waals surface area contributed by atoms with Crippen LogP contribution in [0.25, 0.3) is 0 Å². The zero-order chi connectivity index (χ0) is 13.1. The van der Waals surface area contributed by atoms with Crippen molar-refractivity contribution in [3.63, 3.8) is 0 Å². The van der Waals surface area contributed by atoms with Crippen LogP contribution in [0.2, 0.25) is 0 Å². The van der Waals surface area contributed by atoms with E-state index < -0.39 is 0 Å². The van der Waals surface area contributed by atoms with Crippen molar-refractivity contribution in [1.29, 1.82) is 0 Å². The first-order chi connectivity index (χ1) is 9.29. The number of hydrogen-bond acceptors (Lipinski definition) is 4. The van der Waals surface area contributed by atoms with Crippen molar-refractivity contribution < 1.29 is 4.74 Å². The van der Waals surface area contributed by atoms with Gasteiger partial charge in [-0.3, -0.25) is 4.68 Å². The molecule has 6 heteroatoms. The highest BCUT2D eigenvalue weighted by molar-refractivity contribution is 9.10. The molecule has 4 nitrogen and oxygen atoms in total. The van der Waals surface area contributed by atoms with Crippen LogP contribution >= 0.6 is 27.3 Å². The zero-order valence-electron chi connectivity index (χ0n) is 10.5. The van der Waals surface area contributed by atoms with Crippen LogP contribution < -0.4 is 5.32 Å². The van der Waals surface area contributed by atoms with Gasteiger partial charge in [-0.15, -0.1) is 11.3 Å². The summed E-state index contributed by atoms with van der Waals surface area (Å²) in [5, 5.41) is 9.85. The lowest BCUT2D eigenvalue weighted by Gasteiger charge is -2.08. The molecule has 0 aromatic carbocycles. The molecule has 0 spiro atoms. The molecule has 1 fully saturated rings. The number of thiophene rings is 1. The average molecular weight is 342 g/mol. The van der Waals surface area contributed by atoms with Crippen molar-refractivity contribution in [2.45, 2.75) is 32.0 Å². The fourth-order valence-electron chi connectivity index (χ4n) is 2.19. The summed E-state index contributed by atoms with van der Waals surface area (Å²) in [6.07, 6.45) is 6.57. The Labute approximate surface area is 124 Å². The van der Waals surface area contributed by atoms with Crippen LogP contribution in [-0.4, -0.2) is 22.5 Å². The molecule has 3 rings (SSSR count). The van der Waals surface area contributed by atoms with E-state index in [1.165, 1.54) is 11.3 Å². The van der Waals surface area contributed by atoms with E-state index in [1.807, 2.05) is 17.1 Å². The number of halogens is 1. The summed E-state index contributed by atoms with van der Waals surface area (Å²) in [6, 6.07) is 2.13. The van der Waals surface area contributed by atoms with E-state index >= 15 is 0 Å². The Hall–Kier alpha value is -0.850. The lowest BCUT2D eigenvalue weighted by atomic mass is 10.2. The van der Waals surface area contributed by atoms with Gasteiger partial charge in [0.25, 0.3) is 0 Å². The molecule has 3 heterocycles. The molecule has 19 heavy (non-hydrogen) atoms. The van der Waals surface area contributed by atoms with Crippen molar-refractivity contribution in [3.05, 3.63) is 33.2 Å². The largest absolute Gasteiger partial charge is 0.378 e. The normalized spacial score (nSPS) is 18.9. The second kappa shape index (κ2) is 6.07. The third-order valence-electron chi connectivity index (χ3n) is 3.14. The van der Waals surface area contributed by atoms with Crippen LogP contribution in [0.5, 0.6) is 0 Å². The van der Waals surface area contributed by atoms with Crippen LogP contribution in [-0.2, 0) is 17.8 Å². The van der Waals surface area contributed by atoms with E-state index in [1.54, 1.807) is 11.3 Å². The molecule has 1 N–H and O–H groups in total. The van der Waals surface area contributed by atoms with Gasteiger partial charge in [-0.25, -0.2) is 0 Å². The van der Waals surface area contributed by atoms with Crippen LogP contribution in [0.3, 0.4) is 0 Å². The predicted molar refractivity (Wildman–Crippen MR) is 80.5 cm³/mol. The minimum Gasteiger partial charge on any atom is -0.378 e. The molecule has 0 saturated carbocycles. The molecule has 1 atom stereocenters. The maximum absolute atomic E-state index is 5.61. The number of nitrogens with one attached hydrogen (secondary N) is 1. The molecule has 1 aliphatic rings. The van der Waals surface area contributed by atoms with Gasteiger partial charge in [0.2, 0.25) is 0 Å². The SMILES string of the molecule is Brc1csc(CNc2cnn(CC3CCCO3)c2)c1. The summed E-state index contributed by atoms with van der Waals surface area (Å²) in [7, 11) is 0. The van der Waals surface area contributed by atoms with Crippen molar-refractivity contribution in [3.8, 4) is 0 Å². The Morgan fingerprint density at radius 2 is 2.53 bits per heavy atom. The zero-order valence-corrected chi connectivity index (χ0v) is 12.9. The van der Waals surface area contributed by atoms with Gasteiger partial charge in [0.1, 0.15) is 0 Å². The lowest BCUT2D eigenvalue weighted by Crippen LogP contribution is -2.15. The van der Waals surface area contributed by atoms with E-state index in [-0.39, 0.29) is 0 Å². The molecule has 1 aliphatic heterocycles. The highest BCUT2D eigenvalue weighted by Gasteiger charge is 2.16.